The number of benzene rings is 4. The molecule has 0 spiro atoms. The van der Waals surface area contributed by atoms with E-state index >= 15 is 0 Å². The zero-order valence-electron chi connectivity index (χ0n) is 22.3. The SMILES string of the molecule is CC.Cc1nsc(-c2ccc3cc(-c4ccc(C(=O)O)cc4)ccc3c2)c1NC(=O)O[C@H](C)c1ccccc1. The molecule has 0 radical (unpaired) electrons. The summed E-state index contributed by atoms with van der Waals surface area (Å²) in [6.45, 7) is 7.70. The molecule has 1 amide bonds. The number of rotatable bonds is 6. The highest BCUT2D eigenvalue weighted by atomic mass is 32.1. The van der Waals surface area contributed by atoms with Crippen LogP contribution in [0.25, 0.3) is 32.3 Å². The van der Waals surface area contributed by atoms with E-state index in [2.05, 4.69) is 21.8 Å². The lowest BCUT2D eigenvalue weighted by molar-refractivity contribution is 0.0696. The number of hydrogen-bond acceptors (Lipinski definition) is 5. The van der Waals surface area contributed by atoms with Crippen molar-refractivity contribution in [2.24, 2.45) is 0 Å². The number of anilines is 1. The Labute approximate surface area is 232 Å². The first kappa shape index (κ1) is 27.5. The van der Waals surface area contributed by atoms with Crippen molar-refractivity contribution in [3.05, 3.63) is 108 Å². The molecule has 0 fully saturated rings. The second-order valence-corrected chi connectivity index (χ2v) is 9.49. The van der Waals surface area contributed by atoms with E-state index in [1.165, 1.54) is 11.5 Å². The lowest BCUT2D eigenvalue weighted by Crippen LogP contribution is -2.16. The fourth-order valence-corrected chi connectivity index (χ4v) is 5.01. The number of fused-ring (bicyclic) bond motifs is 1. The van der Waals surface area contributed by atoms with E-state index in [-0.39, 0.29) is 11.7 Å². The number of nitrogens with one attached hydrogen (secondary N) is 1. The predicted molar refractivity (Wildman–Crippen MR) is 158 cm³/mol. The summed E-state index contributed by atoms with van der Waals surface area (Å²) in [6, 6.07) is 28.7. The molecule has 4 aromatic carbocycles. The average Bonchev–Trinajstić information content (AvgIpc) is 3.33. The first-order valence-corrected chi connectivity index (χ1v) is 13.5. The molecule has 7 heteroatoms. The molecule has 0 saturated carbocycles. The third-order valence-electron chi connectivity index (χ3n) is 6.21. The Balaban J connectivity index is 0.00000172. The van der Waals surface area contributed by atoms with Crippen molar-refractivity contribution < 1.29 is 19.4 Å². The lowest BCUT2D eigenvalue weighted by atomic mass is 9.98. The summed E-state index contributed by atoms with van der Waals surface area (Å²) in [6.07, 6.45) is -0.910. The highest BCUT2D eigenvalue weighted by Gasteiger charge is 2.18. The van der Waals surface area contributed by atoms with Crippen LogP contribution < -0.4 is 5.32 Å². The number of aromatic nitrogens is 1. The Bertz CT molecular complexity index is 1590. The number of amides is 1. The monoisotopic (exact) mass is 538 g/mol. The normalized spacial score (nSPS) is 11.3. The molecule has 0 aliphatic carbocycles. The van der Waals surface area contributed by atoms with Gasteiger partial charge in [-0.05, 0) is 82.7 Å². The van der Waals surface area contributed by atoms with Gasteiger partial charge in [-0.15, -0.1) is 0 Å². The van der Waals surface area contributed by atoms with Crippen molar-refractivity contribution in [1.29, 1.82) is 0 Å². The van der Waals surface area contributed by atoms with Gasteiger partial charge in [-0.1, -0.05) is 80.6 Å². The van der Waals surface area contributed by atoms with Crippen LogP contribution in [0.2, 0.25) is 0 Å². The number of nitrogens with zero attached hydrogens (tertiary/aromatic N) is 1. The minimum Gasteiger partial charge on any atom is -0.478 e. The first-order valence-electron chi connectivity index (χ1n) is 12.8. The second-order valence-electron chi connectivity index (χ2n) is 8.71. The van der Waals surface area contributed by atoms with Crippen LogP contribution in [-0.2, 0) is 4.74 Å². The summed E-state index contributed by atoms with van der Waals surface area (Å²) in [5, 5.41) is 14.1. The van der Waals surface area contributed by atoms with E-state index < -0.39 is 12.1 Å². The zero-order valence-corrected chi connectivity index (χ0v) is 23.1. The minimum absolute atomic E-state index is 0.261. The minimum atomic E-state index is -0.941. The number of carbonyl (C=O) groups is 2. The molecule has 1 atom stereocenters. The van der Waals surface area contributed by atoms with Gasteiger partial charge < -0.3 is 9.84 Å². The summed E-state index contributed by atoms with van der Waals surface area (Å²) >= 11 is 1.33. The van der Waals surface area contributed by atoms with Gasteiger partial charge in [0.15, 0.2) is 0 Å². The maximum absolute atomic E-state index is 12.7. The molecule has 0 unspecified atom stereocenters. The highest BCUT2D eigenvalue weighted by molar-refractivity contribution is 7.10. The molecule has 2 N–H and O–H groups in total. The number of carboxylic acid groups (broad SMARTS) is 1. The van der Waals surface area contributed by atoms with Crippen LogP contribution in [0.1, 0.15) is 48.5 Å². The van der Waals surface area contributed by atoms with Crippen molar-refractivity contribution >= 4 is 40.1 Å². The van der Waals surface area contributed by atoms with Crippen LogP contribution in [0.5, 0.6) is 0 Å². The molecule has 5 aromatic rings. The number of carbonyl (C=O) groups excluding carboxylic acids is 1. The zero-order chi connectivity index (χ0) is 27.9. The summed E-state index contributed by atoms with van der Waals surface area (Å²) < 4.78 is 10.1. The standard InChI is InChI=1S/C30H24N2O4S.C2H6/c1-18-27(31-30(35)36-19(2)20-6-4-3-5-7-20)28(37-32-18)26-15-14-24-16-23(12-13-25(24)17-26)21-8-10-22(11-9-21)29(33)34;1-2/h3-17,19H,1-2H3,(H,31,35)(H,33,34);1-2H3/t19-;/m1./s1. The van der Waals surface area contributed by atoms with Crippen LogP contribution in [0.3, 0.4) is 0 Å². The molecule has 0 aliphatic rings. The van der Waals surface area contributed by atoms with Crippen LogP contribution >= 0.6 is 11.5 Å². The molecule has 198 valence electrons. The van der Waals surface area contributed by atoms with Gasteiger partial charge in [0.05, 0.1) is 21.8 Å². The van der Waals surface area contributed by atoms with Crippen LogP contribution in [-0.4, -0.2) is 21.5 Å². The molecule has 1 aromatic heterocycles. The Kier molecular flexibility index (Phi) is 8.74. The molecule has 0 saturated heterocycles. The molecule has 0 aliphatic heterocycles. The van der Waals surface area contributed by atoms with Gasteiger partial charge in [0, 0.05) is 0 Å². The summed E-state index contributed by atoms with van der Waals surface area (Å²) in [5.74, 6) is -0.941. The molecular formula is C32H30N2O4S. The molecule has 0 bridgehead atoms. The van der Waals surface area contributed by atoms with E-state index in [0.29, 0.717) is 5.69 Å². The summed E-state index contributed by atoms with van der Waals surface area (Å²) in [5.41, 5.74) is 5.45. The van der Waals surface area contributed by atoms with Crippen molar-refractivity contribution in [2.45, 2.75) is 33.8 Å². The van der Waals surface area contributed by atoms with Gasteiger partial charge in [-0.2, -0.15) is 4.37 Å². The van der Waals surface area contributed by atoms with Crippen molar-refractivity contribution in [3.63, 3.8) is 0 Å². The third kappa shape index (κ3) is 6.33. The smallest absolute Gasteiger partial charge is 0.412 e. The maximum Gasteiger partial charge on any atom is 0.412 e. The Hall–Kier alpha value is -4.49. The number of hydrogen-bond donors (Lipinski definition) is 2. The Morgan fingerprint density at radius 2 is 1.44 bits per heavy atom. The topological polar surface area (TPSA) is 88.5 Å². The maximum atomic E-state index is 12.7. The molecular weight excluding hydrogens is 508 g/mol. The lowest BCUT2D eigenvalue weighted by Gasteiger charge is -2.15. The quantitative estimate of drug-likeness (QED) is 0.225. The summed E-state index contributed by atoms with van der Waals surface area (Å²) in [4.78, 5) is 24.7. The second kappa shape index (κ2) is 12.4. The fraction of sp³-hybridized carbons (Fsp3) is 0.156. The average molecular weight is 539 g/mol. The molecule has 39 heavy (non-hydrogen) atoms. The van der Waals surface area contributed by atoms with Crippen LogP contribution in [0.15, 0.2) is 91.0 Å². The van der Waals surface area contributed by atoms with E-state index in [1.54, 1.807) is 12.1 Å². The van der Waals surface area contributed by atoms with E-state index in [4.69, 9.17) is 9.84 Å². The number of carboxylic acids is 1. The number of aryl methyl sites for hydroxylation is 1. The van der Waals surface area contributed by atoms with Gasteiger partial charge in [-0.25, -0.2) is 9.59 Å². The highest BCUT2D eigenvalue weighted by Crippen LogP contribution is 2.37. The van der Waals surface area contributed by atoms with Crippen molar-refractivity contribution in [3.8, 4) is 21.6 Å². The summed E-state index contributed by atoms with van der Waals surface area (Å²) in [7, 11) is 0. The number of aromatic carboxylic acids is 1. The Morgan fingerprint density at radius 3 is 2.08 bits per heavy atom. The van der Waals surface area contributed by atoms with Crippen molar-refractivity contribution in [1.82, 2.24) is 4.37 Å². The van der Waals surface area contributed by atoms with Crippen molar-refractivity contribution in [2.75, 3.05) is 5.32 Å². The van der Waals surface area contributed by atoms with Gasteiger partial charge in [0.2, 0.25) is 0 Å². The fourth-order valence-electron chi connectivity index (χ4n) is 4.17. The van der Waals surface area contributed by atoms with E-state index in [9.17, 15) is 9.59 Å². The van der Waals surface area contributed by atoms with Gasteiger partial charge in [0.1, 0.15) is 6.10 Å². The number of ether oxygens (including phenoxy) is 1. The predicted octanol–water partition coefficient (Wildman–Crippen LogP) is 8.97. The van der Waals surface area contributed by atoms with Crippen LogP contribution in [0.4, 0.5) is 10.5 Å². The van der Waals surface area contributed by atoms with Gasteiger partial charge in [-0.3, -0.25) is 5.32 Å². The Morgan fingerprint density at radius 1 is 0.846 bits per heavy atom. The molecule has 1 heterocycles. The third-order valence-corrected chi connectivity index (χ3v) is 7.20. The van der Waals surface area contributed by atoms with E-state index in [1.807, 2.05) is 94.4 Å². The van der Waals surface area contributed by atoms with Gasteiger partial charge >= 0.3 is 12.1 Å². The molecule has 6 nitrogen and oxygen atoms in total. The first-order chi connectivity index (χ1) is 18.9. The molecule has 5 rings (SSSR count). The largest absolute Gasteiger partial charge is 0.478 e. The van der Waals surface area contributed by atoms with E-state index in [0.717, 1.165) is 43.6 Å². The van der Waals surface area contributed by atoms with Gasteiger partial charge in [0.25, 0.3) is 0 Å². The van der Waals surface area contributed by atoms with Crippen LogP contribution in [0, 0.1) is 6.92 Å².